The fourth-order valence-corrected chi connectivity index (χ4v) is 2.16. The van der Waals surface area contributed by atoms with Gasteiger partial charge in [0.1, 0.15) is 11.6 Å². The van der Waals surface area contributed by atoms with Gasteiger partial charge in [-0.25, -0.2) is 9.97 Å². The summed E-state index contributed by atoms with van der Waals surface area (Å²) in [5.41, 5.74) is 5.69. The third kappa shape index (κ3) is 2.41. The molecule has 0 saturated carbocycles. The van der Waals surface area contributed by atoms with Gasteiger partial charge in [-0.15, -0.1) is 6.58 Å². The second-order valence-corrected chi connectivity index (χ2v) is 4.62. The van der Waals surface area contributed by atoms with Crippen LogP contribution in [0.1, 0.15) is 6.42 Å². The average Bonchev–Trinajstić information content (AvgIpc) is 2.69. The van der Waals surface area contributed by atoms with Crippen LogP contribution in [0.4, 0.5) is 11.6 Å². The smallest absolute Gasteiger partial charge is 0.228 e. The van der Waals surface area contributed by atoms with Crippen molar-refractivity contribution in [1.82, 2.24) is 9.97 Å². The molecular formula is C11H14N4OS. The van der Waals surface area contributed by atoms with Gasteiger partial charge in [-0.3, -0.25) is 9.69 Å². The summed E-state index contributed by atoms with van der Waals surface area (Å²) in [7, 11) is 0. The Balaban J connectivity index is 2.31. The van der Waals surface area contributed by atoms with Crippen LogP contribution in [-0.4, -0.2) is 28.7 Å². The second kappa shape index (κ2) is 4.75. The number of carbonyl (C=O) groups excluding carboxylic acids is 1. The molecule has 0 aliphatic carbocycles. The largest absolute Gasteiger partial charge is 0.383 e. The summed E-state index contributed by atoms with van der Waals surface area (Å²) in [6, 6.07) is 1.63. The Labute approximate surface area is 104 Å². The topological polar surface area (TPSA) is 72.1 Å². The Hall–Kier alpha value is -1.56. The first-order valence-corrected chi connectivity index (χ1v) is 6.48. The van der Waals surface area contributed by atoms with Gasteiger partial charge in [0, 0.05) is 24.9 Å². The average molecular weight is 250 g/mol. The Kier molecular flexibility index (Phi) is 3.33. The molecule has 90 valence electrons. The number of hydrogen-bond acceptors (Lipinski definition) is 5. The van der Waals surface area contributed by atoms with E-state index in [9.17, 15) is 4.79 Å². The molecular weight excluding hydrogens is 236 g/mol. The second-order valence-electron chi connectivity index (χ2n) is 3.84. The lowest BCUT2D eigenvalue weighted by molar-refractivity contribution is -0.117. The molecule has 5 nitrogen and oxygen atoms in total. The van der Waals surface area contributed by atoms with Crippen molar-refractivity contribution in [1.29, 1.82) is 0 Å². The molecule has 1 aliphatic rings. The predicted molar refractivity (Wildman–Crippen MR) is 68.9 cm³/mol. The molecule has 1 unspecified atom stereocenters. The van der Waals surface area contributed by atoms with E-state index in [2.05, 4.69) is 16.5 Å². The third-order valence-electron chi connectivity index (χ3n) is 2.66. The molecule has 1 atom stereocenters. The number of amides is 1. The number of carbonyl (C=O) groups is 1. The quantitative estimate of drug-likeness (QED) is 0.497. The highest BCUT2D eigenvalue weighted by Crippen LogP contribution is 2.26. The van der Waals surface area contributed by atoms with Gasteiger partial charge in [-0.05, 0) is 6.26 Å². The van der Waals surface area contributed by atoms with Crippen LogP contribution < -0.4 is 10.6 Å². The van der Waals surface area contributed by atoms with E-state index in [1.165, 1.54) is 11.8 Å². The fourth-order valence-electron chi connectivity index (χ4n) is 1.77. The SMILES string of the molecule is C=CC1CC(=O)N(c2cc(N)nc(SC)n2)C1. The number of thioether (sulfide) groups is 1. The van der Waals surface area contributed by atoms with E-state index in [0.717, 1.165) is 0 Å². The van der Waals surface area contributed by atoms with Crippen LogP contribution >= 0.6 is 11.8 Å². The van der Waals surface area contributed by atoms with Gasteiger partial charge >= 0.3 is 0 Å². The molecule has 2 N–H and O–H groups in total. The third-order valence-corrected chi connectivity index (χ3v) is 3.21. The molecule has 1 aromatic heterocycles. The molecule has 0 aromatic carbocycles. The summed E-state index contributed by atoms with van der Waals surface area (Å²) in [5, 5.41) is 0.579. The van der Waals surface area contributed by atoms with Crippen LogP contribution in [0.2, 0.25) is 0 Å². The van der Waals surface area contributed by atoms with Crippen molar-refractivity contribution in [3.05, 3.63) is 18.7 Å². The maximum absolute atomic E-state index is 11.8. The lowest BCUT2D eigenvalue weighted by Crippen LogP contribution is -2.25. The van der Waals surface area contributed by atoms with Crippen molar-refractivity contribution < 1.29 is 4.79 Å². The molecule has 2 heterocycles. The fraction of sp³-hybridized carbons (Fsp3) is 0.364. The normalized spacial score (nSPS) is 19.7. The van der Waals surface area contributed by atoms with Gasteiger partial charge in [0.25, 0.3) is 0 Å². The molecule has 0 bridgehead atoms. The lowest BCUT2D eigenvalue weighted by atomic mass is 10.1. The zero-order chi connectivity index (χ0) is 12.4. The summed E-state index contributed by atoms with van der Waals surface area (Å²) in [6.07, 6.45) is 4.16. The van der Waals surface area contributed by atoms with Gasteiger partial charge in [-0.2, -0.15) is 0 Å². The van der Waals surface area contributed by atoms with Crippen LogP contribution in [0.3, 0.4) is 0 Å². The number of nitrogen functional groups attached to an aromatic ring is 1. The maximum atomic E-state index is 11.8. The number of nitrogens with zero attached hydrogens (tertiary/aromatic N) is 3. The first-order valence-electron chi connectivity index (χ1n) is 5.25. The lowest BCUT2D eigenvalue weighted by Gasteiger charge is -2.15. The summed E-state index contributed by atoms with van der Waals surface area (Å²) in [6.45, 7) is 4.33. The zero-order valence-corrected chi connectivity index (χ0v) is 10.4. The van der Waals surface area contributed by atoms with Gasteiger partial charge in [0.2, 0.25) is 5.91 Å². The Morgan fingerprint density at radius 1 is 1.65 bits per heavy atom. The number of rotatable bonds is 3. The Morgan fingerprint density at radius 3 is 3.00 bits per heavy atom. The maximum Gasteiger partial charge on any atom is 0.228 e. The minimum absolute atomic E-state index is 0.0556. The minimum Gasteiger partial charge on any atom is -0.383 e. The monoisotopic (exact) mass is 250 g/mol. The van der Waals surface area contributed by atoms with Crippen molar-refractivity contribution in [3.8, 4) is 0 Å². The van der Waals surface area contributed by atoms with Crippen LogP contribution in [0.25, 0.3) is 0 Å². The first-order chi connectivity index (χ1) is 8.13. The van der Waals surface area contributed by atoms with Crippen LogP contribution in [0.5, 0.6) is 0 Å². The molecule has 0 spiro atoms. The van der Waals surface area contributed by atoms with Crippen molar-refractivity contribution in [3.63, 3.8) is 0 Å². The van der Waals surface area contributed by atoms with E-state index in [-0.39, 0.29) is 11.8 Å². The van der Waals surface area contributed by atoms with Gasteiger partial charge in [0.05, 0.1) is 0 Å². The van der Waals surface area contributed by atoms with Crippen LogP contribution in [0, 0.1) is 5.92 Å². The van der Waals surface area contributed by atoms with E-state index in [0.29, 0.717) is 29.8 Å². The predicted octanol–water partition coefficient (Wildman–Crippen LogP) is 1.32. The molecule has 2 rings (SSSR count). The number of hydrogen-bond donors (Lipinski definition) is 1. The van der Waals surface area contributed by atoms with Crippen molar-refractivity contribution in [2.24, 2.45) is 5.92 Å². The van der Waals surface area contributed by atoms with Crippen LogP contribution in [0.15, 0.2) is 23.9 Å². The molecule has 0 radical (unpaired) electrons. The van der Waals surface area contributed by atoms with Crippen LogP contribution in [-0.2, 0) is 4.79 Å². The molecule has 1 saturated heterocycles. The first kappa shape index (κ1) is 11.9. The molecule has 1 aromatic rings. The zero-order valence-electron chi connectivity index (χ0n) is 9.59. The standard InChI is InChI=1S/C11H14N4OS/c1-3-7-4-10(16)15(6-7)9-5-8(12)13-11(14-9)17-2/h3,5,7H,1,4,6H2,2H3,(H2,12,13,14). The highest BCUT2D eigenvalue weighted by Gasteiger charge is 2.29. The molecule has 1 aliphatic heterocycles. The summed E-state index contributed by atoms with van der Waals surface area (Å²) in [5.74, 6) is 1.21. The van der Waals surface area contributed by atoms with Crippen molar-refractivity contribution in [2.75, 3.05) is 23.4 Å². The number of aromatic nitrogens is 2. The summed E-state index contributed by atoms with van der Waals surface area (Å²) >= 11 is 1.40. The number of nitrogens with two attached hydrogens (primary N) is 1. The summed E-state index contributed by atoms with van der Waals surface area (Å²) in [4.78, 5) is 21.8. The molecule has 6 heteroatoms. The van der Waals surface area contributed by atoms with Crippen molar-refractivity contribution >= 4 is 29.3 Å². The van der Waals surface area contributed by atoms with E-state index >= 15 is 0 Å². The Bertz CT molecular complexity index is 463. The molecule has 17 heavy (non-hydrogen) atoms. The highest BCUT2D eigenvalue weighted by molar-refractivity contribution is 7.98. The Morgan fingerprint density at radius 2 is 2.41 bits per heavy atom. The van der Waals surface area contributed by atoms with Gasteiger partial charge < -0.3 is 5.73 Å². The number of anilines is 2. The van der Waals surface area contributed by atoms with Gasteiger partial charge in [0.15, 0.2) is 5.16 Å². The minimum atomic E-state index is 0.0556. The van der Waals surface area contributed by atoms with E-state index in [1.807, 2.05) is 6.26 Å². The van der Waals surface area contributed by atoms with E-state index in [1.54, 1.807) is 17.0 Å². The molecule has 1 fully saturated rings. The highest BCUT2D eigenvalue weighted by atomic mass is 32.2. The van der Waals surface area contributed by atoms with Gasteiger partial charge in [-0.1, -0.05) is 17.8 Å². The molecule has 1 amide bonds. The summed E-state index contributed by atoms with van der Waals surface area (Å²) < 4.78 is 0. The van der Waals surface area contributed by atoms with Crippen molar-refractivity contribution in [2.45, 2.75) is 11.6 Å². The van der Waals surface area contributed by atoms with E-state index < -0.39 is 0 Å². The van der Waals surface area contributed by atoms with E-state index in [4.69, 9.17) is 5.73 Å².